The summed E-state index contributed by atoms with van der Waals surface area (Å²) in [5.41, 5.74) is 7.32. The molecule has 0 heterocycles. The molecule has 0 bridgehead atoms. The highest BCUT2D eigenvalue weighted by Gasteiger charge is 2.02. The first-order chi connectivity index (χ1) is 5.65. The molecule has 0 saturated carbocycles. The van der Waals surface area contributed by atoms with Gasteiger partial charge in [-0.2, -0.15) is 5.10 Å². The third-order valence-electron chi connectivity index (χ3n) is 1.61. The Morgan fingerprint density at radius 2 is 2.17 bits per heavy atom. The van der Waals surface area contributed by atoms with Gasteiger partial charge in [-0.25, -0.2) is 0 Å². The summed E-state index contributed by atoms with van der Waals surface area (Å²) in [7, 11) is 0. The molecule has 3 nitrogen and oxygen atoms in total. The lowest BCUT2D eigenvalue weighted by Gasteiger charge is -2.03. The molecule has 0 aliphatic carbocycles. The second-order valence-electron chi connectivity index (χ2n) is 2.47. The van der Waals surface area contributed by atoms with Crippen molar-refractivity contribution in [1.82, 2.24) is 0 Å². The van der Waals surface area contributed by atoms with Gasteiger partial charge in [-0.05, 0) is 24.6 Å². The first-order valence-corrected chi connectivity index (χ1v) is 3.83. The van der Waals surface area contributed by atoms with Crippen LogP contribution in [0, 0.1) is 6.92 Å². The van der Waals surface area contributed by atoms with Crippen LogP contribution in [0.3, 0.4) is 0 Å². The second kappa shape index (κ2) is 3.45. The van der Waals surface area contributed by atoms with Crippen molar-refractivity contribution >= 4 is 17.4 Å². The molecule has 1 aromatic carbocycles. The van der Waals surface area contributed by atoms with Crippen LogP contribution in [0.1, 0.15) is 11.1 Å². The third kappa shape index (κ3) is 1.68. The lowest BCUT2D eigenvalue weighted by atomic mass is 10.1. The minimum Gasteiger partial charge on any atom is -0.382 e. The Kier molecular flexibility index (Phi) is 2.55. The molecule has 0 aromatic heterocycles. The van der Waals surface area contributed by atoms with E-state index in [0.29, 0.717) is 10.9 Å². The Balaban J connectivity index is 3.23. The number of hydrazone groups is 1. The van der Waals surface area contributed by atoms with Crippen molar-refractivity contribution in [2.45, 2.75) is 6.92 Å². The first kappa shape index (κ1) is 8.87. The minimum atomic E-state index is 0.301. The van der Waals surface area contributed by atoms with Crippen LogP contribution in [0.4, 0.5) is 0 Å². The number of nitrogens with two attached hydrogens (primary N) is 2. The lowest BCUT2D eigenvalue weighted by molar-refractivity contribution is 1.22. The van der Waals surface area contributed by atoms with Crippen LogP contribution < -0.4 is 11.6 Å². The lowest BCUT2D eigenvalue weighted by Crippen LogP contribution is -2.16. The summed E-state index contributed by atoms with van der Waals surface area (Å²) in [6.07, 6.45) is 0. The van der Waals surface area contributed by atoms with Crippen molar-refractivity contribution in [3.63, 3.8) is 0 Å². The zero-order chi connectivity index (χ0) is 9.14. The van der Waals surface area contributed by atoms with Gasteiger partial charge in [0.15, 0.2) is 5.84 Å². The summed E-state index contributed by atoms with van der Waals surface area (Å²) in [6.45, 7) is 1.92. The summed E-state index contributed by atoms with van der Waals surface area (Å²) in [6, 6.07) is 5.41. The zero-order valence-electron chi connectivity index (χ0n) is 6.71. The normalized spacial score (nSPS) is 11.7. The fourth-order valence-electron chi connectivity index (χ4n) is 0.940. The van der Waals surface area contributed by atoms with Crippen molar-refractivity contribution in [2.24, 2.45) is 16.7 Å². The number of aryl methyl sites for hydroxylation is 1. The van der Waals surface area contributed by atoms with E-state index >= 15 is 0 Å². The van der Waals surface area contributed by atoms with Gasteiger partial charge in [-0.15, -0.1) is 0 Å². The standard InChI is InChI=1S/C8H10ClN3/c1-5-2-3-6(9)4-7(5)8(10)12-11/h2-4H,11H2,1H3,(H2,10,12). The number of rotatable bonds is 1. The van der Waals surface area contributed by atoms with Crippen LogP contribution >= 0.6 is 11.6 Å². The van der Waals surface area contributed by atoms with Gasteiger partial charge in [-0.3, -0.25) is 0 Å². The van der Waals surface area contributed by atoms with Gasteiger partial charge in [0, 0.05) is 10.6 Å². The molecular weight excluding hydrogens is 174 g/mol. The number of benzene rings is 1. The number of hydrogen-bond donors (Lipinski definition) is 2. The molecule has 12 heavy (non-hydrogen) atoms. The highest BCUT2D eigenvalue weighted by atomic mass is 35.5. The molecule has 1 aromatic rings. The van der Waals surface area contributed by atoms with Crippen LogP contribution in [-0.2, 0) is 0 Å². The number of amidine groups is 1. The molecule has 0 unspecified atom stereocenters. The topological polar surface area (TPSA) is 64.4 Å². The molecule has 0 atom stereocenters. The van der Waals surface area contributed by atoms with Crippen LogP contribution in [0.25, 0.3) is 0 Å². The molecule has 0 saturated heterocycles. The van der Waals surface area contributed by atoms with E-state index in [2.05, 4.69) is 5.10 Å². The molecule has 0 aliphatic rings. The van der Waals surface area contributed by atoms with Crippen molar-refractivity contribution in [2.75, 3.05) is 0 Å². The molecular formula is C8H10ClN3. The maximum absolute atomic E-state index is 5.77. The average Bonchev–Trinajstić information content (AvgIpc) is 2.08. The number of hydrogen-bond acceptors (Lipinski definition) is 2. The fourth-order valence-corrected chi connectivity index (χ4v) is 1.11. The van der Waals surface area contributed by atoms with Gasteiger partial charge in [0.25, 0.3) is 0 Å². The molecule has 0 aliphatic heterocycles. The molecule has 1 rings (SSSR count). The molecule has 0 fully saturated rings. The van der Waals surface area contributed by atoms with Crippen LogP contribution in [0.15, 0.2) is 23.3 Å². The van der Waals surface area contributed by atoms with Gasteiger partial charge >= 0.3 is 0 Å². The molecule has 0 radical (unpaired) electrons. The van der Waals surface area contributed by atoms with Gasteiger partial charge < -0.3 is 11.6 Å². The quantitative estimate of drug-likeness (QED) is 0.298. The second-order valence-corrected chi connectivity index (χ2v) is 2.91. The van der Waals surface area contributed by atoms with Crippen molar-refractivity contribution in [1.29, 1.82) is 0 Å². The van der Waals surface area contributed by atoms with E-state index in [0.717, 1.165) is 11.1 Å². The van der Waals surface area contributed by atoms with E-state index in [1.807, 2.05) is 13.0 Å². The van der Waals surface area contributed by atoms with Crippen LogP contribution in [0.2, 0.25) is 5.02 Å². The molecule has 64 valence electrons. The smallest absolute Gasteiger partial charge is 0.150 e. The summed E-state index contributed by atoms with van der Waals surface area (Å²) in [5.74, 6) is 5.34. The molecule has 0 spiro atoms. The van der Waals surface area contributed by atoms with Gasteiger partial charge in [-0.1, -0.05) is 17.7 Å². The Bertz CT molecular complexity index is 320. The molecule has 4 N–H and O–H groups in total. The largest absolute Gasteiger partial charge is 0.382 e. The highest BCUT2D eigenvalue weighted by Crippen LogP contribution is 2.14. The number of halogens is 1. The van der Waals surface area contributed by atoms with Crippen molar-refractivity contribution in [3.05, 3.63) is 34.3 Å². The Morgan fingerprint density at radius 3 is 2.75 bits per heavy atom. The Morgan fingerprint density at radius 1 is 1.50 bits per heavy atom. The maximum atomic E-state index is 5.77. The van der Waals surface area contributed by atoms with Crippen molar-refractivity contribution < 1.29 is 0 Å². The summed E-state index contributed by atoms with van der Waals surface area (Å²) in [4.78, 5) is 0. The van der Waals surface area contributed by atoms with E-state index in [9.17, 15) is 0 Å². The predicted molar refractivity (Wildman–Crippen MR) is 51.1 cm³/mol. The fraction of sp³-hybridized carbons (Fsp3) is 0.125. The van der Waals surface area contributed by atoms with Gasteiger partial charge in [0.05, 0.1) is 0 Å². The Hall–Kier alpha value is -1.22. The average molecular weight is 184 g/mol. The summed E-state index contributed by atoms with van der Waals surface area (Å²) < 4.78 is 0. The highest BCUT2D eigenvalue weighted by molar-refractivity contribution is 6.31. The van der Waals surface area contributed by atoms with E-state index in [-0.39, 0.29) is 0 Å². The first-order valence-electron chi connectivity index (χ1n) is 3.45. The summed E-state index contributed by atoms with van der Waals surface area (Å²) in [5, 5.41) is 4.02. The third-order valence-corrected chi connectivity index (χ3v) is 1.85. The van der Waals surface area contributed by atoms with Crippen molar-refractivity contribution in [3.8, 4) is 0 Å². The molecule has 0 amide bonds. The van der Waals surface area contributed by atoms with Gasteiger partial charge in [0.1, 0.15) is 0 Å². The van der Waals surface area contributed by atoms with Gasteiger partial charge in [0.2, 0.25) is 0 Å². The SMILES string of the molecule is Cc1ccc(Cl)cc1/C(N)=N/N. The van der Waals surface area contributed by atoms with E-state index in [1.54, 1.807) is 12.1 Å². The predicted octanol–water partition coefficient (Wildman–Crippen LogP) is 1.23. The van der Waals surface area contributed by atoms with E-state index in [4.69, 9.17) is 23.2 Å². The van der Waals surface area contributed by atoms with Crippen LogP contribution in [-0.4, -0.2) is 5.84 Å². The van der Waals surface area contributed by atoms with E-state index < -0.39 is 0 Å². The monoisotopic (exact) mass is 183 g/mol. The van der Waals surface area contributed by atoms with E-state index in [1.165, 1.54) is 0 Å². The Labute approximate surface area is 76.0 Å². The summed E-state index contributed by atoms with van der Waals surface area (Å²) >= 11 is 5.77. The van der Waals surface area contributed by atoms with Crippen LogP contribution in [0.5, 0.6) is 0 Å². The minimum absolute atomic E-state index is 0.301. The molecule has 4 heteroatoms. The zero-order valence-corrected chi connectivity index (χ0v) is 7.47. The maximum Gasteiger partial charge on any atom is 0.150 e. The number of nitrogens with zero attached hydrogens (tertiary/aromatic N) is 1.